The molecule has 1 aromatic carbocycles. The lowest BCUT2D eigenvalue weighted by Gasteiger charge is -2.25. The molecular formula is C14H14ClN5OS. The molecule has 3 aromatic rings. The Kier molecular flexibility index (Phi) is 3.79. The van der Waals surface area contributed by atoms with Gasteiger partial charge in [0.1, 0.15) is 5.01 Å². The van der Waals surface area contributed by atoms with Gasteiger partial charge in [0.05, 0.1) is 19.8 Å². The number of hydrogen-bond donors (Lipinski definition) is 0. The fraction of sp³-hybridized carbons (Fsp3) is 0.357. The van der Waals surface area contributed by atoms with E-state index < -0.39 is 0 Å². The minimum atomic E-state index is 0.722. The van der Waals surface area contributed by atoms with Crippen LogP contribution in [0.3, 0.4) is 0 Å². The molecule has 0 bridgehead atoms. The molecule has 3 heterocycles. The third-order valence-corrected chi connectivity index (χ3v) is 4.82. The summed E-state index contributed by atoms with van der Waals surface area (Å²) < 4.78 is 7.21. The van der Waals surface area contributed by atoms with E-state index in [-0.39, 0.29) is 0 Å². The van der Waals surface area contributed by atoms with Gasteiger partial charge >= 0.3 is 0 Å². The third kappa shape index (κ3) is 2.72. The molecule has 0 radical (unpaired) electrons. The summed E-state index contributed by atoms with van der Waals surface area (Å²) in [6.45, 7) is 4.13. The van der Waals surface area contributed by atoms with Gasteiger partial charge in [0.25, 0.3) is 0 Å². The Morgan fingerprint density at radius 2 is 1.91 bits per heavy atom. The Labute approximate surface area is 136 Å². The largest absolute Gasteiger partial charge is 0.379 e. The SMILES string of the molecule is Clc1ccc(-c2nn3c(CN4CCOCC4)nnc3s2)cc1. The first-order valence-electron chi connectivity index (χ1n) is 7.07. The van der Waals surface area contributed by atoms with E-state index in [1.54, 1.807) is 0 Å². The van der Waals surface area contributed by atoms with Crippen molar-refractivity contribution in [1.82, 2.24) is 24.7 Å². The molecule has 8 heteroatoms. The lowest BCUT2D eigenvalue weighted by molar-refractivity contribution is 0.0328. The number of fused-ring (bicyclic) bond motifs is 1. The fourth-order valence-electron chi connectivity index (χ4n) is 2.42. The number of ether oxygens (including phenoxy) is 1. The molecule has 1 fully saturated rings. The first-order valence-corrected chi connectivity index (χ1v) is 8.26. The molecule has 0 saturated carbocycles. The first kappa shape index (κ1) is 14.1. The predicted octanol–water partition coefficient (Wildman–Crippen LogP) is 2.34. The second-order valence-electron chi connectivity index (χ2n) is 5.11. The summed E-state index contributed by atoms with van der Waals surface area (Å²) >= 11 is 7.46. The van der Waals surface area contributed by atoms with Crippen molar-refractivity contribution in [2.24, 2.45) is 0 Å². The number of hydrogen-bond acceptors (Lipinski definition) is 6. The van der Waals surface area contributed by atoms with Crippen molar-refractivity contribution in [2.45, 2.75) is 6.54 Å². The number of aromatic nitrogens is 4. The van der Waals surface area contributed by atoms with Crippen LogP contribution in [-0.4, -0.2) is 51.0 Å². The molecule has 0 aliphatic carbocycles. The Bertz CT molecular complexity index is 778. The summed E-state index contributed by atoms with van der Waals surface area (Å²) in [6, 6.07) is 7.67. The van der Waals surface area contributed by atoms with Gasteiger partial charge in [0, 0.05) is 23.7 Å². The van der Waals surface area contributed by atoms with E-state index in [4.69, 9.17) is 16.3 Å². The fourth-order valence-corrected chi connectivity index (χ4v) is 3.41. The lowest BCUT2D eigenvalue weighted by atomic mass is 10.2. The molecule has 4 rings (SSSR count). The molecule has 1 aliphatic heterocycles. The molecule has 1 aliphatic rings. The van der Waals surface area contributed by atoms with Gasteiger partial charge in [0.2, 0.25) is 4.96 Å². The highest BCUT2D eigenvalue weighted by Gasteiger charge is 2.17. The highest BCUT2D eigenvalue weighted by atomic mass is 35.5. The summed E-state index contributed by atoms with van der Waals surface area (Å²) in [5.41, 5.74) is 1.04. The Morgan fingerprint density at radius 1 is 1.14 bits per heavy atom. The predicted molar refractivity (Wildman–Crippen MR) is 85.2 cm³/mol. The maximum absolute atomic E-state index is 5.93. The summed E-state index contributed by atoms with van der Waals surface area (Å²) in [6.07, 6.45) is 0. The van der Waals surface area contributed by atoms with E-state index in [0.717, 1.165) is 59.2 Å². The monoisotopic (exact) mass is 335 g/mol. The molecular weight excluding hydrogens is 322 g/mol. The zero-order chi connectivity index (χ0) is 14.9. The van der Waals surface area contributed by atoms with Crippen LogP contribution in [-0.2, 0) is 11.3 Å². The summed E-state index contributed by atoms with van der Waals surface area (Å²) in [4.78, 5) is 3.12. The standard InChI is InChI=1S/C14H14ClN5OS/c15-11-3-1-10(2-4-11)13-18-20-12(16-17-14(20)22-13)9-19-5-7-21-8-6-19/h1-4H,5-9H2. The zero-order valence-corrected chi connectivity index (χ0v) is 13.3. The van der Waals surface area contributed by atoms with Gasteiger partial charge in [-0.2, -0.15) is 9.61 Å². The van der Waals surface area contributed by atoms with Gasteiger partial charge in [0.15, 0.2) is 5.82 Å². The smallest absolute Gasteiger partial charge is 0.235 e. The Morgan fingerprint density at radius 3 is 2.68 bits per heavy atom. The molecule has 1 saturated heterocycles. The van der Waals surface area contributed by atoms with E-state index in [1.165, 1.54) is 11.3 Å². The highest BCUT2D eigenvalue weighted by molar-refractivity contribution is 7.19. The number of nitrogens with zero attached hydrogens (tertiary/aromatic N) is 5. The maximum Gasteiger partial charge on any atom is 0.235 e. The van der Waals surface area contributed by atoms with Gasteiger partial charge in [-0.3, -0.25) is 4.90 Å². The number of benzene rings is 1. The van der Waals surface area contributed by atoms with Gasteiger partial charge in [-0.05, 0) is 12.1 Å². The van der Waals surface area contributed by atoms with Crippen LogP contribution in [0.15, 0.2) is 24.3 Å². The van der Waals surface area contributed by atoms with E-state index >= 15 is 0 Å². The van der Waals surface area contributed by atoms with Crippen molar-refractivity contribution in [2.75, 3.05) is 26.3 Å². The number of halogens is 1. The van der Waals surface area contributed by atoms with Gasteiger partial charge in [-0.15, -0.1) is 10.2 Å². The van der Waals surface area contributed by atoms with Crippen LogP contribution in [0, 0.1) is 0 Å². The van der Waals surface area contributed by atoms with E-state index in [0.29, 0.717) is 0 Å². The topological polar surface area (TPSA) is 55.5 Å². The Hall–Kier alpha value is -1.54. The second-order valence-corrected chi connectivity index (χ2v) is 6.51. The minimum Gasteiger partial charge on any atom is -0.379 e. The zero-order valence-electron chi connectivity index (χ0n) is 11.8. The van der Waals surface area contributed by atoms with Crippen LogP contribution < -0.4 is 0 Å². The van der Waals surface area contributed by atoms with Crippen molar-refractivity contribution in [3.63, 3.8) is 0 Å². The van der Waals surface area contributed by atoms with Crippen molar-refractivity contribution in [1.29, 1.82) is 0 Å². The molecule has 0 amide bonds. The van der Waals surface area contributed by atoms with Crippen molar-refractivity contribution >= 4 is 27.9 Å². The van der Waals surface area contributed by atoms with Crippen LogP contribution in [0.1, 0.15) is 5.82 Å². The first-order chi connectivity index (χ1) is 10.8. The average molecular weight is 336 g/mol. The van der Waals surface area contributed by atoms with E-state index in [1.807, 2.05) is 28.8 Å². The summed E-state index contributed by atoms with van der Waals surface area (Å²) in [5, 5.41) is 14.8. The van der Waals surface area contributed by atoms with Gasteiger partial charge in [-0.1, -0.05) is 35.1 Å². The normalized spacial score (nSPS) is 16.4. The van der Waals surface area contributed by atoms with Crippen LogP contribution in [0.2, 0.25) is 5.02 Å². The Balaban J connectivity index is 1.62. The molecule has 114 valence electrons. The van der Waals surface area contributed by atoms with E-state index in [2.05, 4.69) is 20.2 Å². The summed E-state index contributed by atoms with van der Waals surface area (Å²) in [5.74, 6) is 0.869. The second kappa shape index (κ2) is 5.92. The van der Waals surface area contributed by atoms with Crippen LogP contribution in [0.4, 0.5) is 0 Å². The molecule has 0 atom stereocenters. The number of rotatable bonds is 3. The van der Waals surface area contributed by atoms with Gasteiger partial charge < -0.3 is 4.74 Å². The van der Waals surface area contributed by atoms with Crippen LogP contribution in [0.5, 0.6) is 0 Å². The van der Waals surface area contributed by atoms with Gasteiger partial charge in [-0.25, -0.2) is 0 Å². The summed E-state index contributed by atoms with van der Waals surface area (Å²) in [7, 11) is 0. The quantitative estimate of drug-likeness (QED) is 0.735. The lowest BCUT2D eigenvalue weighted by Crippen LogP contribution is -2.36. The minimum absolute atomic E-state index is 0.722. The van der Waals surface area contributed by atoms with Crippen LogP contribution in [0.25, 0.3) is 15.5 Å². The molecule has 0 spiro atoms. The van der Waals surface area contributed by atoms with E-state index in [9.17, 15) is 0 Å². The van der Waals surface area contributed by atoms with Crippen molar-refractivity contribution in [3.05, 3.63) is 35.1 Å². The van der Waals surface area contributed by atoms with Crippen molar-refractivity contribution in [3.8, 4) is 10.6 Å². The number of morpholine rings is 1. The van der Waals surface area contributed by atoms with Crippen molar-refractivity contribution < 1.29 is 4.74 Å². The molecule has 0 unspecified atom stereocenters. The third-order valence-electron chi connectivity index (χ3n) is 3.62. The average Bonchev–Trinajstić information content (AvgIpc) is 3.11. The molecule has 0 N–H and O–H groups in total. The molecule has 2 aromatic heterocycles. The van der Waals surface area contributed by atoms with Crippen LogP contribution >= 0.6 is 22.9 Å². The maximum atomic E-state index is 5.93. The molecule has 6 nitrogen and oxygen atoms in total. The highest BCUT2D eigenvalue weighted by Crippen LogP contribution is 2.26. The molecule has 22 heavy (non-hydrogen) atoms.